The summed E-state index contributed by atoms with van der Waals surface area (Å²) in [6, 6.07) is 10.9. The molecule has 0 bridgehead atoms. The number of carbonyl (C=O) groups is 1. The van der Waals surface area contributed by atoms with Gasteiger partial charge in [0, 0.05) is 11.9 Å². The van der Waals surface area contributed by atoms with Crippen molar-refractivity contribution in [3.05, 3.63) is 48.2 Å². The molecule has 0 spiro atoms. The van der Waals surface area contributed by atoms with Crippen molar-refractivity contribution in [2.45, 2.75) is 33.3 Å². The minimum absolute atomic E-state index is 0.399. The SMILES string of the molecule is CCOc1ccc(Nc2ncccc2C(=O)OC(C)(C)C)cc1. The highest BCUT2D eigenvalue weighted by molar-refractivity contribution is 5.95. The number of hydrogen-bond donors (Lipinski definition) is 1. The first-order valence-electron chi connectivity index (χ1n) is 7.57. The molecule has 1 N–H and O–H groups in total. The molecule has 5 nitrogen and oxygen atoms in total. The maximum Gasteiger partial charge on any atom is 0.342 e. The molecular weight excluding hydrogens is 292 g/mol. The number of nitrogens with zero attached hydrogens (tertiary/aromatic N) is 1. The van der Waals surface area contributed by atoms with E-state index in [-0.39, 0.29) is 0 Å². The number of aromatic nitrogens is 1. The monoisotopic (exact) mass is 314 g/mol. The van der Waals surface area contributed by atoms with Crippen LogP contribution in [-0.2, 0) is 4.74 Å². The first-order valence-corrected chi connectivity index (χ1v) is 7.57. The lowest BCUT2D eigenvalue weighted by Crippen LogP contribution is -2.24. The van der Waals surface area contributed by atoms with E-state index in [1.165, 1.54) is 0 Å². The number of ether oxygens (including phenoxy) is 2. The van der Waals surface area contributed by atoms with E-state index in [0.717, 1.165) is 11.4 Å². The third-order valence-electron chi connectivity index (χ3n) is 2.85. The summed E-state index contributed by atoms with van der Waals surface area (Å²) >= 11 is 0. The molecule has 1 aromatic heterocycles. The zero-order chi connectivity index (χ0) is 16.9. The topological polar surface area (TPSA) is 60.5 Å². The normalized spacial score (nSPS) is 11.0. The second-order valence-corrected chi connectivity index (χ2v) is 5.98. The minimum atomic E-state index is -0.552. The highest BCUT2D eigenvalue weighted by Gasteiger charge is 2.20. The van der Waals surface area contributed by atoms with Crippen molar-refractivity contribution in [3.63, 3.8) is 0 Å². The Morgan fingerprint density at radius 3 is 2.48 bits per heavy atom. The molecule has 0 radical (unpaired) electrons. The van der Waals surface area contributed by atoms with Gasteiger partial charge in [0.05, 0.1) is 6.61 Å². The van der Waals surface area contributed by atoms with Crippen LogP contribution < -0.4 is 10.1 Å². The Labute approximate surface area is 136 Å². The van der Waals surface area contributed by atoms with Gasteiger partial charge in [0.1, 0.15) is 22.7 Å². The number of hydrogen-bond acceptors (Lipinski definition) is 5. The van der Waals surface area contributed by atoms with Gasteiger partial charge in [-0.15, -0.1) is 0 Å². The van der Waals surface area contributed by atoms with Gasteiger partial charge in [0.15, 0.2) is 0 Å². The number of pyridine rings is 1. The summed E-state index contributed by atoms with van der Waals surface area (Å²) in [4.78, 5) is 16.5. The van der Waals surface area contributed by atoms with E-state index in [4.69, 9.17) is 9.47 Å². The van der Waals surface area contributed by atoms with E-state index in [1.54, 1.807) is 18.3 Å². The van der Waals surface area contributed by atoms with Crippen LogP contribution in [0.15, 0.2) is 42.6 Å². The summed E-state index contributed by atoms with van der Waals surface area (Å²) in [5.41, 5.74) is 0.664. The minimum Gasteiger partial charge on any atom is -0.494 e. The Bertz CT molecular complexity index is 661. The van der Waals surface area contributed by atoms with Crippen molar-refractivity contribution in [3.8, 4) is 5.75 Å². The first-order chi connectivity index (χ1) is 10.9. The van der Waals surface area contributed by atoms with Crippen LogP contribution in [0.3, 0.4) is 0 Å². The molecule has 2 aromatic rings. The van der Waals surface area contributed by atoms with Gasteiger partial charge >= 0.3 is 5.97 Å². The Kier molecular flexibility index (Phi) is 5.21. The predicted octanol–water partition coefficient (Wildman–Crippen LogP) is 4.18. The van der Waals surface area contributed by atoms with Crippen molar-refractivity contribution >= 4 is 17.5 Å². The summed E-state index contributed by atoms with van der Waals surface area (Å²) in [5, 5.41) is 3.14. The Balaban J connectivity index is 2.18. The van der Waals surface area contributed by atoms with E-state index in [1.807, 2.05) is 52.0 Å². The molecule has 0 fully saturated rings. The second-order valence-electron chi connectivity index (χ2n) is 5.98. The van der Waals surface area contributed by atoms with E-state index >= 15 is 0 Å². The molecule has 0 aliphatic heterocycles. The molecule has 0 aliphatic rings. The van der Waals surface area contributed by atoms with E-state index in [9.17, 15) is 4.79 Å². The molecule has 0 amide bonds. The summed E-state index contributed by atoms with van der Waals surface area (Å²) in [7, 11) is 0. The Hall–Kier alpha value is -2.56. The fraction of sp³-hybridized carbons (Fsp3) is 0.333. The number of anilines is 2. The maximum atomic E-state index is 12.3. The van der Waals surface area contributed by atoms with Crippen LogP contribution in [0.1, 0.15) is 38.1 Å². The van der Waals surface area contributed by atoms with E-state index < -0.39 is 11.6 Å². The fourth-order valence-corrected chi connectivity index (χ4v) is 1.94. The van der Waals surface area contributed by atoms with Crippen molar-refractivity contribution in [2.75, 3.05) is 11.9 Å². The van der Waals surface area contributed by atoms with Gasteiger partial charge in [-0.25, -0.2) is 9.78 Å². The van der Waals surface area contributed by atoms with Gasteiger partial charge in [-0.05, 0) is 64.1 Å². The standard InChI is InChI=1S/C18H22N2O3/c1-5-22-14-10-8-13(9-11-14)20-16-15(7-6-12-19-16)17(21)23-18(2,3)4/h6-12H,5H2,1-4H3,(H,19,20). The van der Waals surface area contributed by atoms with Gasteiger partial charge in [-0.2, -0.15) is 0 Å². The van der Waals surface area contributed by atoms with Crippen molar-refractivity contribution in [1.82, 2.24) is 4.98 Å². The van der Waals surface area contributed by atoms with Crippen LogP contribution in [0.4, 0.5) is 11.5 Å². The van der Waals surface area contributed by atoms with Gasteiger partial charge < -0.3 is 14.8 Å². The molecule has 23 heavy (non-hydrogen) atoms. The molecule has 2 rings (SSSR count). The van der Waals surface area contributed by atoms with Crippen LogP contribution in [0.5, 0.6) is 5.75 Å². The van der Waals surface area contributed by atoms with Crippen molar-refractivity contribution in [2.24, 2.45) is 0 Å². The maximum absolute atomic E-state index is 12.3. The third-order valence-corrected chi connectivity index (χ3v) is 2.85. The molecule has 0 unspecified atom stereocenters. The van der Waals surface area contributed by atoms with Gasteiger partial charge in [0.2, 0.25) is 0 Å². The molecule has 5 heteroatoms. The number of carbonyl (C=O) groups excluding carboxylic acids is 1. The molecule has 0 saturated heterocycles. The van der Waals surface area contributed by atoms with Crippen molar-refractivity contribution < 1.29 is 14.3 Å². The summed E-state index contributed by atoms with van der Waals surface area (Å²) in [6.45, 7) is 8.06. The van der Waals surface area contributed by atoms with Crippen LogP contribution in [0.2, 0.25) is 0 Å². The summed E-state index contributed by atoms with van der Waals surface area (Å²) in [5.74, 6) is 0.858. The predicted molar refractivity (Wildman–Crippen MR) is 90.3 cm³/mol. The fourth-order valence-electron chi connectivity index (χ4n) is 1.94. The second kappa shape index (κ2) is 7.13. The highest BCUT2D eigenvalue weighted by atomic mass is 16.6. The van der Waals surface area contributed by atoms with Crippen LogP contribution in [0, 0.1) is 0 Å². The average molecular weight is 314 g/mol. The largest absolute Gasteiger partial charge is 0.494 e. The molecule has 1 aromatic carbocycles. The Morgan fingerprint density at radius 2 is 1.87 bits per heavy atom. The lowest BCUT2D eigenvalue weighted by atomic mass is 10.2. The molecular formula is C18H22N2O3. The lowest BCUT2D eigenvalue weighted by Gasteiger charge is -2.20. The van der Waals surface area contributed by atoms with Gasteiger partial charge in [0.25, 0.3) is 0 Å². The highest BCUT2D eigenvalue weighted by Crippen LogP contribution is 2.23. The first kappa shape index (κ1) is 16.8. The van der Waals surface area contributed by atoms with E-state index in [0.29, 0.717) is 18.0 Å². The quantitative estimate of drug-likeness (QED) is 0.839. The zero-order valence-corrected chi connectivity index (χ0v) is 13.9. The van der Waals surface area contributed by atoms with Crippen molar-refractivity contribution in [1.29, 1.82) is 0 Å². The Morgan fingerprint density at radius 1 is 1.17 bits per heavy atom. The summed E-state index contributed by atoms with van der Waals surface area (Å²) < 4.78 is 10.8. The average Bonchev–Trinajstić information content (AvgIpc) is 2.48. The summed E-state index contributed by atoms with van der Waals surface area (Å²) in [6.07, 6.45) is 1.63. The lowest BCUT2D eigenvalue weighted by molar-refractivity contribution is 0.00704. The van der Waals surface area contributed by atoms with Crippen LogP contribution in [-0.4, -0.2) is 23.2 Å². The number of rotatable bonds is 5. The molecule has 1 heterocycles. The number of benzene rings is 1. The smallest absolute Gasteiger partial charge is 0.342 e. The molecule has 122 valence electrons. The van der Waals surface area contributed by atoms with E-state index in [2.05, 4.69) is 10.3 Å². The van der Waals surface area contributed by atoms with Crippen LogP contribution >= 0.6 is 0 Å². The van der Waals surface area contributed by atoms with Crippen LogP contribution in [0.25, 0.3) is 0 Å². The zero-order valence-electron chi connectivity index (χ0n) is 13.9. The molecule has 0 saturated carbocycles. The molecule has 0 aliphatic carbocycles. The van der Waals surface area contributed by atoms with Gasteiger partial charge in [-0.1, -0.05) is 0 Å². The third kappa shape index (κ3) is 4.98. The number of esters is 1. The van der Waals surface area contributed by atoms with Gasteiger partial charge in [-0.3, -0.25) is 0 Å². The molecule has 0 atom stereocenters. The number of nitrogens with one attached hydrogen (secondary N) is 1.